The number of aromatic nitrogens is 1. The molecule has 0 saturated carbocycles. The zero-order chi connectivity index (χ0) is 19.5. The summed E-state index contributed by atoms with van der Waals surface area (Å²) in [6.07, 6.45) is -4.00. The van der Waals surface area contributed by atoms with Gasteiger partial charge in [0.25, 0.3) is 0 Å². The van der Waals surface area contributed by atoms with Gasteiger partial charge in [-0.15, -0.1) is 11.3 Å². The number of thiazole rings is 1. The van der Waals surface area contributed by atoms with Crippen LogP contribution in [0.2, 0.25) is 0 Å². The standard InChI is InChI=1S/C20H18F3NO2S/c1-19(25,20(21,22)23)15-7-9-17(10-8-15)26-12-16-13-27-18(24-16)11-14-5-3-2-4-6-14/h2-10,13,25H,11-12H2,1H3/t19-/m1/s1. The predicted octanol–water partition coefficient (Wildman–Crippen LogP) is 5.08. The monoisotopic (exact) mass is 393 g/mol. The van der Waals surface area contributed by atoms with E-state index in [0.717, 1.165) is 24.0 Å². The Morgan fingerprint density at radius 1 is 1.04 bits per heavy atom. The number of halogens is 3. The molecule has 3 nitrogen and oxygen atoms in total. The van der Waals surface area contributed by atoms with E-state index in [2.05, 4.69) is 4.98 Å². The van der Waals surface area contributed by atoms with Gasteiger partial charge in [-0.3, -0.25) is 0 Å². The SMILES string of the molecule is C[C@@](O)(c1ccc(OCc2csc(Cc3ccccc3)n2)cc1)C(F)(F)F. The fraction of sp³-hybridized carbons (Fsp3) is 0.250. The number of alkyl halides is 3. The molecule has 0 aliphatic carbocycles. The summed E-state index contributed by atoms with van der Waals surface area (Å²) in [6, 6.07) is 15.2. The fourth-order valence-corrected chi connectivity index (χ4v) is 3.28. The van der Waals surface area contributed by atoms with Crippen molar-refractivity contribution in [2.45, 2.75) is 31.7 Å². The van der Waals surface area contributed by atoms with Crippen LogP contribution < -0.4 is 4.74 Å². The Kier molecular flexibility index (Phi) is 5.53. The lowest BCUT2D eigenvalue weighted by molar-refractivity contribution is -0.258. The molecule has 0 unspecified atom stereocenters. The van der Waals surface area contributed by atoms with Gasteiger partial charge in [0.15, 0.2) is 5.60 Å². The molecule has 3 rings (SSSR count). The number of hydrogen-bond donors (Lipinski definition) is 1. The van der Waals surface area contributed by atoms with Crippen LogP contribution in [0.3, 0.4) is 0 Å². The molecule has 0 spiro atoms. The first-order valence-electron chi connectivity index (χ1n) is 8.25. The van der Waals surface area contributed by atoms with Crippen LogP contribution in [0, 0.1) is 0 Å². The highest BCUT2D eigenvalue weighted by molar-refractivity contribution is 7.09. The number of nitrogens with zero attached hydrogens (tertiary/aromatic N) is 1. The van der Waals surface area contributed by atoms with Crippen LogP contribution in [0.5, 0.6) is 5.75 Å². The quantitative estimate of drug-likeness (QED) is 0.635. The van der Waals surface area contributed by atoms with E-state index in [0.29, 0.717) is 5.75 Å². The van der Waals surface area contributed by atoms with Gasteiger partial charge in [-0.05, 0) is 30.2 Å². The minimum atomic E-state index is -4.74. The summed E-state index contributed by atoms with van der Waals surface area (Å²) in [5, 5.41) is 12.5. The van der Waals surface area contributed by atoms with Crippen LogP contribution in [0.4, 0.5) is 13.2 Å². The maximum Gasteiger partial charge on any atom is 0.421 e. The third-order valence-corrected chi connectivity index (χ3v) is 5.05. The van der Waals surface area contributed by atoms with Crippen LogP contribution in [0.25, 0.3) is 0 Å². The van der Waals surface area contributed by atoms with Crippen molar-refractivity contribution in [3.8, 4) is 5.75 Å². The van der Waals surface area contributed by atoms with Gasteiger partial charge in [0.2, 0.25) is 0 Å². The van der Waals surface area contributed by atoms with Crippen molar-refractivity contribution in [3.63, 3.8) is 0 Å². The van der Waals surface area contributed by atoms with Gasteiger partial charge in [-0.2, -0.15) is 13.2 Å². The molecule has 0 radical (unpaired) electrons. The summed E-state index contributed by atoms with van der Waals surface area (Å²) in [4.78, 5) is 4.51. The Morgan fingerprint density at radius 2 is 1.70 bits per heavy atom. The van der Waals surface area contributed by atoms with E-state index in [4.69, 9.17) is 4.74 Å². The van der Waals surface area contributed by atoms with E-state index in [1.54, 1.807) is 0 Å². The lowest BCUT2D eigenvalue weighted by Crippen LogP contribution is -2.39. The summed E-state index contributed by atoms with van der Waals surface area (Å²) in [5.74, 6) is 0.411. The van der Waals surface area contributed by atoms with Gasteiger partial charge in [0.05, 0.1) is 10.7 Å². The molecule has 2 aromatic carbocycles. The Labute approximate surface area is 159 Å². The van der Waals surface area contributed by atoms with E-state index < -0.39 is 11.8 Å². The van der Waals surface area contributed by atoms with E-state index in [1.807, 2.05) is 35.7 Å². The molecule has 142 valence electrons. The Balaban J connectivity index is 1.59. The van der Waals surface area contributed by atoms with Crippen LogP contribution in [0.1, 0.15) is 28.8 Å². The van der Waals surface area contributed by atoms with E-state index in [9.17, 15) is 18.3 Å². The number of benzene rings is 2. The van der Waals surface area contributed by atoms with Gasteiger partial charge in [0.1, 0.15) is 12.4 Å². The fourth-order valence-electron chi connectivity index (χ4n) is 2.46. The smallest absolute Gasteiger partial charge is 0.421 e. The second-order valence-corrected chi connectivity index (χ2v) is 7.22. The van der Waals surface area contributed by atoms with Crippen molar-refractivity contribution in [1.82, 2.24) is 4.98 Å². The summed E-state index contributed by atoms with van der Waals surface area (Å²) in [6.45, 7) is 0.951. The maximum atomic E-state index is 12.9. The molecule has 0 amide bonds. The molecule has 0 aliphatic rings. The Morgan fingerprint density at radius 3 is 2.33 bits per heavy atom. The molecular weight excluding hydrogens is 375 g/mol. The van der Waals surface area contributed by atoms with Gasteiger partial charge in [-0.25, -0.2) is 4.98 Å². The normalized spacial score (nSPS) is 14.0. The lowest BCUT2D eigenvalue weighted by atomic mass is 9.95. The lowest BCUT2D eigenvalue weighted by Gasteiger charge is -2.26. The number of rotatable bonds is 6. The molecule has 3 aromatic rings. The highest BCUT2D eigenvalue weighted by Crippen LogP contribution is 2.38. The van der Waals surface area contributed by atoms with Crippen molar-refractivity contribution in [1.29, 1.82) is 0 Å². The first-order chi connectivity index (χ1) is 12.8. The molecular formula is C20H18F3NO2S. The topological polar surface area (TPSA) is 42.4 Å². The molecule has 7 heteroatoms. The molecule has 1 N–H and O–H groups in total. The molecule has 0 saturated heterocycles. The molecule has 0 fully saturated rings. The number of ether oxygens (including phenoxy) is 1. The van der Waals surface area contributed by atoms with Crippen molar-refractivity contribution in [3.05, 3.63) is 81.8 Å². The zero-order valence-electron chi connectivity index (χ0n) is 14.5. The van der Waals surface area contributed by atoms with Gasteiger partial charge >= 0.3 is 6.18 Å². The Bertz CT molecular complexity index is 874. The summed E-state index contributed by atoms with van der Waals surface area (Å²) in [7, 11) is 0. The average molecular weight is 393 g/mol. The van der Waals surface area contributed by atoms with Crippen LogP contribution in [-0.4, -0.2) is 16.3 Å². The molecule has 27 heavy (non-hydrogen) atoms. The van der Waals surface area contributed by atoms with Gasteiger partial charge < -0.3 is 9.84 Å². The highest BCUT2D eigenvalue weighted by atomic mass is 32.1. The number of aliphatic hydroxyl groups is 1. The van der Waals surface area contributed by atoms with Gasteiger partial charge in [0, 0.05) is 11.8 Å². The van der Waals surface area contributed by atoms with Crippen molar-refractivity contribution < 1.29 is 23.0 Å². The minimum absolute atomic E-state index is 0.223. The molecule has 0 bridgehead atoms. The summed E-state index contributed by atoms with van der Waals surface area (Å²) < 4.78 is 44.2. The minimum Gasteiger partial charge on any atom is -0.487 e. The zero-order valence-corrected chi connectivity index (χ0v) is 15.3. The molecule has 1 heterocycles. The maximum absolute atomic E-state index is 12.9. The van der Waals surface area contributed by atoms with Crippen LogP contribution >= 0.6 is 11.3 Å². The molecule has 1 aromatic heterocycles. The summed E-state index contributed by atoms with van der Waals surface area (Å²) in [5.41, 5.74) is -1.20. The van der Waals surface area contributed by atoms with Crippen LogP contribution in [-0.2, 0) is 18.6 Å². The predicted molar refractivity (Wildman–Crippen MR) is 97.8 cm³/mol. The van der Waals surface area contributed by atoms with Crippen molar-refractivity contribution in [2.75, 3.05) is 0 Å². The third-order valence-electron chi connectivity index (χ3n) is 4.15. The average Bonchev–Trinajstić information content (AvgIpc) is 3.07. The van der Waals surface area contributed by atoms with E-state index in [-0.39, 0.29) is 12.2 Å². The van der Waals surface area contributed by atoms with Crippen LogP contribution in [0.15, 0.2) is 60.0 Å². The second-order valence-electron chi connectivity index (χ2n) is 6.28. The summed E-state index contributed by atoms with van der Waals surface area (Å²) >= 11 is 1.54. The molecule has 0 aliphatic heterocycles. The first kappa shape index (κ1) is 19.4. The van der Waals surface area contributed by atoms with E-state index in [1.165, 1.54) is 41.2 Å². The third kappa shape index (κ3) is 4.67. The van der Waals surface area contributed by atoms with Crippen molar-refractivity contribution in [2.24, 2.45) is 0 Å². The first-order valence-corrected chi connectivity index (χ1v) is 9.13. The van der Waals surface area contributed by atoms with E-state index >= 15 is 0 Å². The Hall–Kier alpha value is -2.38. The number of hydrogen-bond acceptors (Lipinski definition) is 4. The second kappa shape index (κ2) is 7.70. The molecule has 1 atom stereocenters. The van der Waals surface area contributed by atoms with Crippen molar-refractivity contribution >= 4 is 11.3 Å². The van der Waals surface area contributed by atoms with Gasteiger partial charge in [-0.1, -0.05) is 42.5 Å². The largest absolute Gasteiger partial charge is 0.487 e. The highest BCUT2D eigenvalue weighted by Gasteiger charge is 2.51.